The van der Waals surface area contributed by atoms with E-state index in [1.807, 2.05) is 91.8 Å². The molecule has 0 radical (unpaired) electrons. The van der Waals surface area contributed by atoms with E-state index >= 15 is 0 Å². The smallest absolute Gasteiger partial charge is 0.163 e. The maximum absolute atomic E-state index is 5.38. The van der Waals surface area contributed by atoms with Crippen LogP contribution in [-0.2, 0) is 0 Å². The average molecular weight is 1140 g/mol. The first-order chi connectivity index (χ1) is 42.8. The van der Waals surface area contributed by atoms with Crippen molar-refractivity contribution >= 4 is 43.6 Å². The summed E-state index contributed by atoms with van der Waals surface area (Å²) in [5, 5.41) is 3.98. The fourth-order valence-corrected chi connectivity index (χ4v) is 12.2. The predicted octanol–water partition coefficient (Wildman–Crippen LogP) is 15.2. The monoisotopic (exact) mass is 1140 g/mol. The second kappa shape index (κ2) is 21.2. The summed E-state index contributed by atoms with van der Waals surface area (Å²) < 4.78 is 4.74. The number of rotatable bonds is 10. The third-order valence-electron chi connectivity index (χ3n) is 15.8. The van der Waals surface area contributed by atoms with Crippen LogP contribution < -0.4 is 0 Å². The molecule has 88 heavy (non-hydrogen) atoms. The number of benzene rings is 8. The summed E-state index contributed by atoms with van der Waals surface area (Å²) in [6.45, 7) is 15.2. The fraction of sp³-hybridized carbons (Fsp3) is 0.111. The number of hydrogen-bond acceptors (Lipinski definition) is 14. The Bertz CT molecular complexity index is 4970. The van der Waals surface area contributed by atoms with Gasteiger partial charge in [0.15, 0.2) is 29.1 Å². The molecule has 0 unspecified atom stereocenters. The molecular weight excluding hydrogens is 1090 g/mol. The maximum atomic E-state index is 5.38. The van der Waals surface area contributed by atoms with Crippen LogP contribution in [0.4, 0.5) is 0 Å². The van der Waals surface area contributed by atoms with Crippen LogP contribution in [0, 0.1) is 55.4 Å². The minimum Gasteiger partial charge on any atom is -0.309 e. The lowest BCUT2D eigenvalue weighted by Crippen LogP contribution is -2.03. The third-order valence-corrected chi connectivity index (χ3v) is 15.8. The Hall–Kier alpha value is -11.5. The molecule has 0 bridgehead atoms. The van der Waals surface area contributed by atoms with Crippen molar-refractivity contribution in [3.63, 3.8) is 0 Å². The van der Waals surface area contributed by atoms with Gasteiger partial charge in [0.2, 0.25) is 0 Å². The Morgan fingerprint density at radius 1 is 0.216 bits per heavy atom. The van der Waals surface area contributed by atoms with Gasteiger partial charge in [0, 0.05) is 71.6 Å². The first-order valence-electron chi connectivity index (χ1n) is 29.0. The number of hydrogen-bond donors (Lipinski definition) is 0. The van der Waals surface area contributed by atoms with Crippen LogP contribution in [0.2, 0.25) is 0 Å². The Morgan fingerprint density at radius 2 is 0.523 bits per heavy atom. The van der Waals surface area contributed by atoms with Crippen LogP contribution in [0.25, 0.3) is 146 Å². The first-order valence-corrected chi connectivity index (χ1v) is 29.0. The lowest BCUT2D eigenvalue weighted by atomic mass is 9.97. The van der Waals surface area contributed by atoms with E-state index in [1.165, 1.54) is 0 Å². The Kier molecular flexibility index (Phi) is 12.8. The summed E-state index contributed by atoms with van der Waals surface area (Å²) in [6, 6.07) is 63.7. The fourth-order valence-electron chi connectivity index (χ4n) is 12.2. The molecule has 0 saturated carbocycles. The van der Waals surface area contributed by atoms with E-state index in [-0.39, 0.29) is 0 Å². The second-order valence-electron chi connectivity index (χ2n) is 22.1. The van der Waals surface area contributed by atoms with Gasteiger partial charge in [-0.3, -0.25) is 0 Å². The van der Waals surface area contributed by atoms with Crippen LogP contribution in [0.1, 0.15) is 46.6 Å². The minimum atomic E-state index is 0.596. The normalized spacial score (nSPS) is 11.6. The molecule has 16 heteroatoms. The van der Waals surface area contributed by atoms with Crippen molar-refractivity contribution in [3.05, 3.63) is 229 Å². The molecule has 7 heterocycles. The van der Waals surface area contributed by atoms with Crippen LogP contribution in [-0.4, -0.2) is 78.9 Å². The van der Waals surface area contributed by atoms with Crippen molar-refractivity contribution in [1.29, 1.82) is 0 Å². The molecule has 0 fully saturated rings. The van der Waals surface area contributed by atoms with E-state index in [1.54, 1.807) is 0 Å². The lowest BCUT2D eigenvalue weighted by Gasteiger charge is -2.20. The molecule has 0 aliphatic carbocycles. The van der Waals surface area contributed by atoms with Crippen molar-refractivity contribution < 1.29 is 0 Å². The molecule has 0 spiro atoms. The highest BCUT2D eigenvalue weighted by Crippen LogP contribution is 2.45. The standard InChI is InChI=1S/C72H54N16/c1-39-73-40(2)78-69(77-39)50-24-29-63-56(33-50)57-34-51(70-79-41(3)74-42(4)80-70)25-30-64(57)87(63)62-22-16-15-21-54(62)55-28-23-49(61-38-60(47-17-11-9-12-18-47)85-68(86-61)48-19-13-10-14-20-48)37-67(55)88-65-31-26-52(71-81-43(5)75-44(6)82-71)35-58(65)59-36-53(27-32-66(59)88)72-83-45(7)76-46(8)84-72/h9-38H,1-8H3. The van der Waals surface area contributed by atoms with E-state index in [4.69, 9.17) is 49.8 Å². The van der Waals surface area contributed by atoms with E-state index in [0.717, 1.165) is 116 Å². The van der Waals surface area contributed by atoms with Gasteiger partial charge >= 0.3 is 0 Å². The zero-order chi connectivity index (χ0) is 59.9. The molecule has 7 aromatic heterocycles. The highest BCUT2D eigenvalue weighted by atomic mass is 15.1. The first kappa shape index (κ1) is 53.2. The van der Waals surface area contributed by atoms with Gasteiger partial charge in [0.1, 0.15) is 46.6 Å². The lowest BCUT2D eigenvalue weighted by molar-refractivity contribution is 0.928. The molecule has 0 aliphatic rings. The molecule has 15 aromatic rings. The zero-order valence-electron chi connectivity index (χ0n) is 49.5. The van der Waals surface area contributed by atoms with Gasteiger partial charge in [-0.25, -0.2) is 69.8 Å². The average Bonchev–Trinajstić information content (AvgIpc) is 2.90. The zero-order valence-corrected chi connectivity index (χ0v) is 49.5. The van der Waals surface area contributed by atoms with Crippen molar-refractivity contribution in [1.82, 2.24) is 78.9 Å². The molecule has 422 valence electrons. The Balaban J connectivity index is 1.02. The summed E-state index contributed by atoms with van der Waals surface area (Å²) in [7, 11) is 0. The largest absolute Gasteiger partial charge is 0.309 e. The van der Waals surface area contributed by atoms with Gasteiger partial charge in [0.25, 0.3) is 0 Å². The number of nitrogens with zero attached hydrogens (tertiary/aromatic N) is 16. The van der Waals surface area contributed by atoms with E-state index < -0.39 is 0 Å². The summed E-state index contributed by atoms with van der Waals surface area (Å²) in [4.78, 5) is 67.2. The minimum absolute atomic E-state index is 0.596. The van der Waals surface area contributed by atoms with Gasteiger partial charge in [-0.15, -0.1) is 0 Å². The molecule has 0 aliphatic heterocycles. The molecular formula is C72H54N16. The van der Waals surface area contributed by atoms with Gasteiger partial charge in [-0.1, -0.05) is 91.0 Å². The predicted molar refractivity (Wildman–Crippen MR) is 346 cm³/mol. The SMILES string of the molecule is Cc1nc(C)nc(-c2ccc3c(c2)c2cc(-c4nc(C)nc(C)n4)ccc2n3-c2ccccc2-c2ccc(-c3cc(-c4ccccc4)nc(-c4ccccc4)n3)cc2-n2c3ccc(-c4nc(C)nc(C)n4)cc3c3cc(-c4nc(C)nc(C)n4)ccc32)n1. The summed E-state index contributed by atoms with van der Waals surface area (Å²) in [5.74, 6) is 8.23. The molecule has 0 saturated heterocycles. The highest BCUT2D eigenvalue weighted by Gasteiger charge is 2.25. The molecule has 15 rings (SSSR count). The molecule has 0 N–H and O–H groups in total. The van der Waals surface area contributed by atoms with Crippen LogP contribution in [0.3, 0.4) is 0 Å². The number of fused-ring (bicyclic) bond motifs is 6. The highest BCUT2D eigenvalue weighted by molar-refractivity contribution is 6.14. The summed E-state index contributed by atoms with van der Waals surface area (Å²) >= 11 is 0. The molecule has 8 aromatic carbocycles. The molecule has 0 amide bonds. The van der Waals surface area contributed by atoms with Crippen molar-refractivity contribution in [2.45, 2.75) is 55.4 Å². The van der Waals surface area contributed by atoms with Crippen molar-refractivity contribution in [2.24, 2.45) is 0 Å². The summed E-state index contributed by atoms with van der Waals surface area (Å²) in [5.41, 5.74) is 15.5. The number of para-hydroxylation sites is 1. The van der Waals surface area contributed by atoms with Gasteiger partial charge in [-0.2, -0.15) is 0 Å². The molecule has 0 atom stereocenters. The second-order valence-corrected chi connectivity index (χ2v) is 22.1. The topological polar surface area (TPSA) is 190 Å². The summed E-state index contributed by atoms with van der Waals surface area (Å²) in [6.07, 6.45) is 0. The van der Waals surface area contributed by atoms with Crippen molar-refractivity contribution in [2.75, 3.05) is 0 Å². The number of aromatic nitrogens is 16. The molecule has 16 nitrogen and oxygen atoms in total. The van der Waals surface area contributed by atoms with Crippen molar-refractivity contribution in [3.8, 4) is 102 Å². The maximum Gasteiger partial charge on any atom is 0.163 e. The van der Waals surface area contributed by atoms with Crippen LogP contribution in [0.5, 0.6) is 0 Å². The Morgan fingerprint density at radius 3 is 0.920 bits per heavy atom. The van der Waals surface area contributed by atoms with Gasteiger partial charge < -0.3 is 9.13 Å². The number of aryl methyl sites for hydroxylation is 8. The van der Waals surface area contributed by atoms with Gasteiger partial charge in [-0.05, 0) is 146 Å². The van der Waals surface area contributed by atoms with E-state index in [9.17, 15) is 0 Å². The van der Waals surface area contributed by atoms with Crippen LogP contribution >= 0.6 is 0 Å². The van der Waals surface area contributed by atoms with Gasteiger partial charge in [0.05, 0.1) is 44.8 Å². The van der Waals surface area contributed by atoms with Crippen LogP contribution in [0.15, 0.2) is 182 Å². The van der Waals surface area contributed by atoms with E-state index in [0.29, 0.717) is 75.7 Å². The Labute approximate surface area is 506 Å². The van der Waals surface area contributed by atoms with E-state index in [2.05, 4.69) is 175 Å². The third kappa shape index (κ3) is 9.62. The quantitative estimate of drug-likeness (QED) is 0.126.